The van der Waals surface area contributed by atoms with Crippen LogP contribution in [-0.4, -0.2) is 40.9 Å². The van der Waals surface area contributed by atoms with E-state index >= 15 is 0 Å². The van der Waals surface area contributed by atoms with Crippen LogP contribution >= 0.6 is 0 Å². The average Bonchev–Trinajstić information content (AvgIpc) is 2.62. The van der Waals surface area contributed by atoms with Crippen LogP contribution in [0.5, 0.6) is 0 Å². The van der Waals surface area contributed by atoms with Crippen molar-refractivity contribution < 1.29 is 9.59 Å². The number of anilines is 3. The number of piperidine rings is 1. The van der Waals surface area contributed by atoms with Crippen LogP contribution < -0.4 is 21.3 Å². The van der Waals surface area contributed by atoms with E-state index in [4.69, 9.17) is 5.73 Å². The Hall–Kier alpha value is -3.16. The van der Waals surface area contributed by atoms with E-state index in [1.807, 2.05) is 18.2 Å². The fourth-order valence-electron chi connectivity index (χ4n) is 3.00. The monoisotopic (exact) mass is 354 g/mol. The molecule has 1 aromatic carbocycles. The number of carbonyl (C=O) groups is 2. The first-order valence-electron chi connectivity index (χ1n) is 8.53. The number of carbonyl (C=O) groups excluding carboxylic acids is 2. The van der Waals surface area contributed by atoms with Crippen molar-refractivity contribution in [1.82, 2.24) is 9.97 Å². The minimum atomic E-state index is -0.417. The largest absolute Gasteiger partial charge is 0.371 e. The summed E-state index contributed by atoms with van der Waals surface area (Å²) in [4.78, 5) is 33.2. The zero-order chi connectivity index (χ0) is 18.5. The van der Waals surface area contributed by atoms with Gasteiger partial charge in [-0.05, 0) is 37.1 Å². The lowest BCUT2D eigenvalue weighted by Gasteiger charge is -2.34. The molecule has 0 radical (unpaired) electrons. The second-order valence-electron chi connectivity index (χ2n) is 6.27. The van der Waals surface area contributed by atoms with Gasteiger partial charge in [0.1, 0.15) is 5.82 Å². The molecule has 0 spiro atoms. The van der Waals surface area contributed by atoms with Gasteiger partial charge in [0.15, 0.2) is 0 Å². The van der Waals surface area contributed by atoms with Crippen molar-refractivity contribution in [3.63, 3.8) is 0 Å². The lowest BCUT2D eigenvalue weighted by molar-refractivity contribution is -0.114. The van der Waals surface area contributed by atoms with Crippen molar-refractivity contribution in [2.45, 2.75) is 25.8 Å². The van der Waals surface area contributed by atoms with Gasteiger partial charge in [-0.2, -0.15) is 4.98 Å². The molecule has 3 rings (SSSR count). The first kappa shape index (κ1) is 17.7. The topological polar surface area (TPSA) is 113 Å². The van der Waals surface area contributed by atoms with Crippen LogP contribution in [0.4, 0.5) is 17.5 Å². The van der Waals surface area contributed by atoms with Gasteiger partial charge in [-0.1, -0.05) is 6.07 Å². The molecular formula is C18H22N6O2. The molecule has 0 saturated carbocycles. The van der Waals surface area contributed by atoms with Gasteiger partial charge in [-0.3, -0.25) is 9.59 Å². The zero-order valence-electron chi connectivity index (χ0n) is 14.6. The predicted molar refractivity (Wildman–Crippen MR) is 100 cm³/mol. The maximum atomic E-state index is 11.3. The quantitative estimate of drug-likeness (QED) is 0.752. The molecule has 2 heterocycles. The molecule has 8 heteroatoms. The standard InChI is InChI=1S/C18H22N6O2/c1-12(25)21-16-5-8-20-18(23-16)22-14-6-9-24(10-7-14)15-4-2-3-13(11-15)17(19)26/h2-5,8,11,14H,6-7,9-10H2,1H3,(H2,19,26)(H2,20,21,22,23,25). The molecule has 1 aliphatic heterocycles. The van der Waals surface area contributed by atoms with E-state index < -0.39 is 5.91 Å². The lowest BCUT2D eigenvalue weighted by atomic mass is 10.0. The van der Waals surface area contributed by atoms with Gasteiger partial charge in [0.05, 0.1) is 0 Å². The van der Waals surface area contributed by atoms with Gasteiger partial charge in [-0.15, -0.1) is 0 Å². The number of aromatic nitrogens is 2. The lowest BCUT2D eigenvalue weighted by Crippen LogP contribution is -2.39. The highest BCUT2D eigenvalue weighted by atomic mass is 16.1. The van der Waals surface area contributed by atoms with Gasteiger partial charge in [0.2, 0.25) is 17.8 Å². The Morgan fingerprint density at radius 3 is 2.69 bits per heavy atom. The molecule has 2 aromatic rings. The van der Waals surface area contributed by atoms with Gasteiger partial charge < -0.3 is 21.3 Å². The molecule has 2 amide bonds. The van der Waals surface area contributed by atoms with Crippen LogP contribution in [0.1, 0.15) is 30.1 Å². The summed E-state index contributed by atoms with van der Waals surface area (Å²) in [5.41, 5.74) is 6.88. The molecule has 26 heavy (non-hydrogen) atoms. The fourth-order valence-corrected chi connectivity index (χ4v) is 3.00. The number of benzene rings is 1. The van der Waals surface area contributed by atoms with Crippen molar-refractivity contribution in [2.24, 2.45) is 5.73 Å². The number of nitrogens with zero attached hydrogens (tertiary/aromatic N) is 3. The SMILES string of the molecule is CC(=O)Nc1ccnc(NC2CCN(c3cccc(C(N)=O)c3)CC2)n1. The van der Waals surface area contributed by atoms with Gasteiger partial charge in [-0.25, -0.2) is 4.98 Å². The smallest absolute Gasteiger partial charge is 0.248 e. The number of hydrogen-bond donors (Lipinski definition) is 3. The number of nitrogens with two attached hydrogens (primary N) is 1. The number of primary amides is 1. The van der Waals surface area contributed by atoms with Crippen molar-refractivity contribution in [1.29, 1.82) is 0 Å². The van der Waals surface area contributed by atoms with Crippen molar-refractivity contribution in [2.75, 3.05) is 28.6 Å². The predicted octanol–water partition coefficient (Wildman–Crippen LogP) is 1.61. The summed E-state index contributed by atoms with van der Waals surface area (Å²) in [7, 11) is 0. The van der Waals surface area contributed by atoms with Crippen molar-refractivity contribution in [3.05, 3.63) is 42.1 Å². The van der Waals surface area contributed by atoms with Gasteiger partial charge in [0, 0.05) is 43.5 Å². The van der Waals surface area contributed by atoms with E-state index in [1.54, 1.807) is 18.3 Å². The molecule has 1 aliphatic rings. The number of rotatable bonds is 5. The van der Waals surface area contributed by atoms with Crippen LogP contribution in [0, 0.1) is 0 Å². The Morgan fingerprint density at radius 1 is 1.23 bits per heavy atom. The molecule has 136 valence electrons. The molecule has 0 atom stereocenters. The van der Waals surface area contributed by atoms with Crippen LogP contribution in [0.25, 0.3) is 0 Å². The van der Waals surface area contributed by atoms with Crippen LogP contribution in [0.15, 0.2) is 36.5 Å². The number of amides is 2. The Morgan fingerprint density at radius 2 is 2.00 bits per heavy atom. The summed E-state index contributed by atoms with van der Waals surface area (Å²) in [6.07, 6.45) is 3.44. The van der Waals surface area contributed by atoms with E-state index in [9.17, 15) is 9.59 Å². The Labute approximate surface area is 151 Å². The molecular weight excluding hydrogens is 332 g/mol. The Kier molecular flexibility index (Phi) is 5.31. The van der Waals surface area contributed by atoms with E-state index in [2.05, 4.69) is 25.5 Å². The third-order valence-electron chi connectivity index (χ3n) is 4.28. The third-order valence-corrected chi connectivity index (χ3v) is 4.28. The second kappa shape index (κ2) is 7.81. The number of nitrogens with one attached hydrogen (secondary N) is 2. The molecule has 0 unspecified atom stereocenters. The highest BCUT2D eigenvalue weighted by Gasteiger charge is 2.20. The molecule has 0 bridgehead atoms. The Balaban J connectivity index is 1.58. The molecule has 1 saturated heterocycles. The van der Waals surface area contributed by atoms with Crippen LogP contribution in [0.2, 0.25) is 0 Å². The fraction of sp³-hybridized carbons (Fsp3) is 0.333. The highest BCUT2D eigenvalue weighted by Crippen LogP contribution is 2.22. The molecule has 0 aliphatic carbocycles. The summed E-state index contributed by atoms with van der Waals surface area (Å²) in [6, 6.07) is 9.29. The van der Waals surface area contributed by atoms with Gasteiger partial charge in [0.25, 0.3) is 0 Å². The normalized spacial score (nSPS) is 14.7. The summed E-state index contributed by atoms with van der Waals surface area (Å²) in [6.45, 7) is 3.15. The molecule has 4 N–H and O–H groups in total. The average molecular weight is 354 g/mol. The summed E-state index contributed by atoms with van der Waals surface area (Å²) < 4.78 is 0. The van der Waals surface area contributed by atoms with Crippen molar-refractivity contribution >= 4 is 29.3 Å². The highest BCUT2D eigenvalue weighted by molar-refractivity contribution is 5.93. The van der Waals surface area contributed by atoms with Gasteiger partial charge >= 0.3 is 0 Å². The van der Waals surface area contributed by atoms with E-state index in [0.29, 0.717) is 17.3 Å². The maximum absolute atomic E-state index is 11.3. The minimum absolute atomic E-state index is 0.166. The molecule has 1 aromatic heterocycles. The zero-order valence-corrected chi connectivity index (χ0v) is 14.6. The van der Waals surface area contributed by atoms with E-state index in [1.165, 1.54) is 6.92 Å². The van der Waals surface area contributed by atoms with E-state index in [-0.39, 0.29) is 11.9 Å². The third kappa shape index (κ3) is 4.47. The van der Waals surface area contributed by atoms with Crippen molar-refractivity contribution in [3.8, 4) is 0 Å². The minimum Gasteiger partial charge on any atom is -0.371 e. The summed E-state index contributed by atoms with van der Waals surface area (Å²) in [5, 5.41) is 5.97. The first-order valence-corrected chi connectivity index (χ1v) is 8.53. The second-order valence-corrected chi connectivity index (χ2v) is 6.27. The van der Waals surface area contributed by atoms with Crippen LogP contribution in [-0.2, 0) is 4.79 Å². The number of hydrogen-bond acceptors (Lipinski definition) is 6. The molecule has 8 nitrogen and oxygen atoms in total. The maximum Gasteiger partial charge on any atom is 0.248 e. The Bertz CT molecular complexity index is 802. The van der Waals surface area contributed by atoms with Crippen LogP contribution in [0.3, 0.4) is 0 Å². The van der Waals surface area contributed by atoms with E-state index in [0.717, 1.165) is 31.6 Å². The summed E-state index contributed by atoms with van der Waals surface area (Å²) in [5.74, 6) is 0.405. The summed E-state index contributed by atoms with van der Waals surface area (Å²) >= 11 is 0. The first-order chi connectivity index (χ1) is 12.5. The molecule has 1 fully saturated rings.